The van der Waals surface area contributed by atoms with Crippen LogP contribution in [0.3, 0.4) is 0 Å². The van der Waals surface area contributed by atoms with Crippen LogP contribution in [0.5, 0.6) is 0 Å². The van der Waals surface area contributed by atoms with Crippen molar-refractivity contribution in [2.45, 2.75) is 63.7 Å². The Hall–Kier alpha value is -1.37. The van der Waals surface area contributed by atoms with Crippen LogP contribution in [-0.2, 0) is 38.7 Å². The summed E-state index contributed by atoms with van der Waals surface area (Å²) in [6, 6.07) is 5.54. The smallest absolute Gasteiger partial charge is 0.175 e. The number of fused-ring (bicyclic) bond motifs is 3. The van der Waals surface area contributed by atoms with Crippen molar-refractivity contribution in [2.75, 3.05) is 19.5 Å². The second kappa shape index (κ2) is 8.11. The Morgan fingerprint density at radius 2 is 1.81 bits per heavy atom. The van der Waals surface area contributed by atoms with Gasteiger partial charge >= 0.3 is 0 Å². The standard InChI is InChI=1S/C20H29NO4S/c1-4-24-20(25-5-2)12-13-21-18-9-7-6-8-16(18)17-14-15(26(3,22)23)10-11-19(17)21/h10-11,14,20H,4-9,12-13H2,1-3H3. The molecule has 0 N–H and O–H groups in total. The van der Waals surface area contributed by atoms with E-state index in [1.807, 2.05) is 26.0 Å². The minimum atomic E-state index is -3.20. The van der Waals surface area contributed by atoms with Gasteiger partial charge in [-0.05, 0) is 63.3 Å². The molecule has 1 aliphatic rings. The van der Waals surface area contributed by atoms with Gasteiger partial charge in [0.05, 0.1) is 4.90 Å². The molecule has 0 atom stereocenters. The van der Waals surface area contributed by atoms with Crippen molar-refractivity contribution in [1.29, 1.82) is 0 Å². The predicted molar refractivity (Wildman–Crippen MR) is 103 cm³/mol. The molecule has 0 aliphatic heterocycles. The van der Waals surface area contributed by atoms with Gasteiger partial charge in [-0.25, -0.2) is 8.42 Å². The molecule has 0 fully saturated rings. The molecule has 0 spiro atoms. The van der Waals surface area contributed by atoms with Crippen LogP contribution in [0, 0.1) is 0 Å². The number of aromatic nitrogens is 1. The first-order valence-corrected chi connectivity index (χ1v) is 11.4. The number of nitrogens with zero attached hydrogens (tertiary/aromatic N) is 1. The summed E-state index contributed by atoms with van der Waals surface area (Å²) >= 11 is 0. The molecule has 1 aromatic heterocycles. The van der Waals surface area contributed by atoms with E-state index >= 15 is 0 Å². The van der Waals surface area contributed by atoms with Crippen molar-refractivity contribution in [3.8, 4) is 0 Å². The molecule has 2 aromatic rings. The molecule has 3 rings (SSSR count). The van der Waals surface area contributed by atoms with E-state index in [-0.39, 0.29) is 6.29 Å². The molecule has 6 heteroatoms. The van der Waals surface area contributed by atoms with Gasteiger partial charge in [0.15, 0.2) is 16.1 Å². The molecule has 0 amide bonds. The van der Waals surface area contributed by atoms with Crippen LogP contribution < -0.4 is 0 Å². The maximum atomic E-state index is 12.0. The number of rotatable bonds is 8. The highest BCUT2D eigenvalue weighted by Crippen LogP contribution is 2.34. The maximum absolute atomic E-state index is 12.0. The molecular weight excluding hydrogens is 350 g/mol. The van der Waals surface area contributed by atoms with Crippen molar-refractivity contribution in [3.63, 3.8) is 0 Å². The summed E-state index contributed by atoms with van der Waals surface area (Å²) < 4.78 is 37.7. The first kappa shape index (κ1) is 19.4. The Kier molecular flexibility index (Phi) is 6.05. The molecule has 0 bridgehead atoms. The fourth-order valence-corrected chi connectivity index (χ4v) is 4.57. The highest BCUT2D eigenvalue weighted by atomic mass is 32.2. The van der Waals surface area contributed by atoms with Gasteiger partial charge in [0.2, 0.25) is 0 Å². The van der Waals surface area contributed by atoms with Crippen LogP contribution in [0.1, 0.15) is 44.4 Å². The predicted octanol–water partition coefficient (Wildman–Crippen LogP) is 3.71. The minimum absolute atomic E-state index is 0.197. The number of ether oxygens (including phenoxy) is 2. The Bertz CT molecular complexity index is 864. The summed E-state index contributed by atoms with van der Waals surface area (Å²) in [5.74, 6) is 0. The van der Waals surface area contributed by atoms with Crippen molar-refractivity contribution in [1.82, 2.24) is 4.57 Å². The van der Waals surface area contributed by atoms with Gasteiger partial charge in [-0.2, -0.15) is 0 Å². The molecule has 1 aromatic carbocycles. The Labute approximate surface area is 156 Å². The number of aryl methyl sites for hydroxylation is 2. The second-order valence-electron chi connectivity index (χ2n) is 6.86. The average molecular weight is 380 g/mol. The third-order valence-electron chi connectivity index (χ3n) is 5.07. The summed E-state index contributed by atoms with van der Waals surface area (Å²) in [5.41, 5.74) is 3.79. The van der Waals surface area contributed by atoms with E-state index in [4.69, 9.17) is 9.47 Å². The van der Waals surface area contributed by atoms with Crippen molar-refractivity contribution in [2.24, 2.45) is 0 Å². The molecule has 0 saturated carbocycles. The van der Waals surface area contributed by atoms with E-state index < -0.39 is 9.84 Å². The normalized spacial score (nSPS) is 14.9. The van der Waals surface area contributed by atoms with E-state index in [2.05, 4.69) is 4.57 Å². The fraction of sp³-hybridized carbons (Fsp3) is 0.600. The van der Waals surface area contributed by atoms with Crippen LogP contribution in [0.2, 0.25) is 0 Å². The number of sulfone groups is 1. The third kappa shape index (κ3) is 3.97. The van der Waals surface area contributed by atoms with Gasteiger partial charge in [0.25, 0.3) is 0 Å². The number of benzene rings is 1. The lowest BCUT2D eigenvalue weighted by molar-refractivity contribution is -0.140. The van der Waals surface area contributed by atoms with E-state index in [9.17, 15) is 8.42 Å². The second-order valence-corrected chi connectivity index (χ2v) is 8.88. The van der Waals surface area contributed by atoms with E-state index in [1.54, 1.807) is 6.07 Å². The van der Waals surface area contributed by atoms with Gasteiger partial charge in [0.1, 0.15) is 0 Å². The topological polar surface area (TPSA) is 57.5 Å². The quantitative estimate of drug-likeness (QED) is 0.656. The average Bonchev–Trinajstić information content (AvgIpc) is 2.93. The highest BCUT2D eigenvalue weighted by Gasteiger charge is 2.22. The maximum Gasteiger partial charge on any atom is 0.175 e. The molecular formula is C20H29NO4S. The zero-order valence-corrected chi connectivity index (χ0v) is 16.8. The Balaban J connectivity index is 1.99. The van der Waals surface area contributed by atoms with E-state index in [1.165, 1.54) is 23.9 Å². The van der Waals surface area contributed by atoms with Crippen molar-refractivity contribution < 1.29 is 17.9 Å². The Morgan fingerprint density at radius 1 is 1.12 bits per heavy atom. The lowest BCUT2D eigenvalue weighted by Crippen LogP contribution is -2.20. The molecule has 0 unspecified atom stereocenters. The van der Waals surface area contributed by atoms with Gasteiger partial charge < -0.3 is 14.0 Å². The molecule has 144 valence electrons. The summed E-state index contributed by atoms with van der Waals surface area (Å²) in [7, 11) is -3.20. The largest absolute Gasteiger partial charge is 0.353 e. The van der Waals surface area contributed by atoms with Crippen LogP contribution in [-0.4, -0.2) is 38.7 Å². The van der Waals surface area contributed by atoms with Crippen LogP contribution in [0.25, 0.3) is 10.9 Å². The van der Waals surface area contributed by atoms with Gasteiger partial charge in [-0.3, -0.25) is 0 Å². The van der Waals surface area contributed by atoms with Crippen molar-refractivity contribution >= 4 is 20.7 Å². The van der Waals surface area contributed by atoms with Crippen LogP contribution in [0.15, 0.2) is 23.1 Å². The van der Waals surface area contributed by atoms with Gasteiger partial charge in [0, 0.05) is 49.0 Å². The summed E-state index contributed by atoms with van der Waals surface area (Å²) in [6.45, 7) is 6.03. The molecule has 1 heterocycles. The third-order valence-corrected chi connectivity index (χ3v) is 6.18. The first-order valence-electron chi connectivity index (χ1n) is 9.53. The van der Waals surface area contributed by atoms with Crippen LogP contribution in [0.4, 0.5) is 0 Å². The zero-order chi connectivity index (χ0) is 18.7. The summed E-state index contributed by atoms with van der Waals surface area (Å²) in [5, 5.41) is 1.09. The summed E-state index contributed by atoms with van der Waals surface area (Å²) in [4.78, 5) is 0.400. The lowest BCUT2D eigenvalue weighted by Gasteiger charge is -2.20. The van der Waals surface area contributed by atoms with E-state index in [0.717, 1.165) is 43.1 Å². The van der Waals surface area contributed by atoms with Crippen molar-refractivity contribution in [3.05, 3.63) is 29.5 Å². The fourth-order valence-electron chi connectivity index (χ4n) is 3.92. The Morgan fingerprint density at radius 3 is 2.46 bits per heavy atom. The van der Waals surface area contributed by atoms with Gasteiger partial charge in [-0.15, -0.1) is 0 Å². The summed E-state index contributed by atoms with van der Waals surface area (Å²) in [6.07, 6.45) is 6.27. The molecule has 0 radical (unpaired) electrons. The molecule has 0 saturated heterocycles. The lowest BCUT2D eigenvalue weighted by atomic mass is 9.95. The minimum Gasteiger partial charge on any atom is -0.353 e. The number of hydrogen-bond donors (Lipinski definition) is 0. The zero-order valence-electron chi connectivity index (χ0n) is 16.0. The number of hydrogen-bond acceptors (Lipinski definition) is 4. The molecule has 5 nitrogen and oxygen atoms in total. The molecule has 26 heavy (non-hydrogen) atoms. The van der Waals surface area contributed by atoms with E-state index in [0.29, 0.717) is 18.1 Å². The SMILES string of the molecule is CCOC(CCn1c2c(c3cc(S(C)(=O)=O)ccc31)CCCC2)OCC. The molecule has 1 aliphatic carbocycles. The van der Waals surface area contributed by atoms with Gasteiger partial charge in [-0.1, -0.05) is 0 Å². The van der Waals surface area contributed by atoms with Crippen LogP contribution >= 0.6 is 0 Å². The first-order chi connectivity index (χ1) is 12.5. The monoisotopic (exact) mass is 379 g/mol. The highest BCUT2D eigenvalue weighted by molar-refractivity contribution is 7.90.